The third kappa shape index (κ3) is 4.18. The van der Waals surface area contributed by atoms with Gasteiger partial charge in [0.1, 0.15) is 0 Å². The zero-order valence-electron chi connectivity index (χ0n) is 32.0. The van der Waals surface area contributed by atoms with Crippen molar-refractivity contribution in [3.05, 3.63) is 194 Å². The number of para-hydroxylation sites is 1. The first-order chi connectivity index (χ1) is 29.3. The molecule has 0 fully saturated rings. The molecule has 0 bridgehead atoms. The fourth-order valence-corrected chi connectivity index (χ4v) is 10.9. The van der Waals surface area contributed by atoms with Crippen LogP contribution in [0.15, 0.2) is 194 Å². The third-order valence-corrected chi connectivity index (χ3v) is 13.5. The minimum atomic E-state index is 1.17. The standard InChI is InChI=1S/C58H33N/c1-3-16-39-37(14-1)45-27-28-47-43-20-7-8-22-54(43)59-58(47)57(45)46-26-25-35(29-49(39)46)48-31-51-41-18-5-6-19-42(41)52(32-53(51)40-17-4-2-15-38(40)48)50-30-36-13-9-11-33-23-24-34-12-10-21-44(50)56(34)55(33)36/h1-32,59H. The van der Waals surface area contributed by atoms with E-state index in [9.17, 15) is 0 Å². The molecule has 0 aliphatic rings. The highest BCUT2D eigenvalue weighted by atomic mass is 14.7. The normalized spacial score (nSPS) is 12.4. The summed E-state index contributed by atoms with van der Waals surface area (Å²) in [4.78, 5) is 3.83. The Morgan fingerprint density at radius 2 is 0.729 bits per heavy atom. The number of hydrogen-bond acceptors (Lipinski definition) is 0. The molecule has 59 heavy (non-hydrogen) atoms. The molecule has 1 heteroatoms. The van der Waals surface area contributed by atoms with Crippen molar-refractivity contribution in [1.82, 2.24) is 4.98 Å². The lowest BCUT2D eigenvalue weighted by molar-refractivity contribution is 1.57. The zero-order chi connectivity index (χ0) is 38.3. The first-order valence-electron chi connectivity index (χ1n) is 20.6. The Hall–Kier alpha value is -7.74. The van der Waals surface area contributed by atoms with Gasteiger partial charge in [-0.25, -0.2) is 0 Å². The molecule has 1 aromatic heterocycles. The summed E-state index contributed by atoms with van der Waals surface area (Å²) in [7, 11) is 0. The number of rotatable bonds is 2. The Labute approximate surface area is 338 Å². The molecule has 1 N–H and O–H groups in total. The van der Waals surface area contributed by atoms with Crippen LogP contribution in [-0.2, 0) is 0 Å². The van der Waals surface area contributed by atoms with E-state index in [2.05, 4.69) is 199 Å². The highest BCUT2D eigenvalue weighted by Gasteiger charge is 2.20. The summed E-state index contributed by atoms with van der Waals surface area (Å²) in [5, 5.41) is 25.7. The molecule has 14 aromatic rings. The van der Waals surface area contributed by atoms with Crippen molar-refractivity contribution in [2.75, 3.05) is 0 Å². The van der Waals surface area contributed by atoms with Crippen molar-refractivity contribution < 1.29 is 0 Å². The van der Waals surface area contributed by atoms with Crippen LogP contribution in [0.25, 0.3) is 141 Å². The van der Waals surface area contributed by atoms with Gasteiger partial charge in [0.05, 0.1) is 5.52 Å². The van der Waals surface area contributed by atoms with Crippen LogP contribution in [0.4, 0.5) is 0 Å². The van der Waals surface area contributed by atoms with Gasteiger partial charge in [0, 0.05) is 21.7 Å². The van der Waals surface area contributed by atoms with Crippen LogP contribution >= 0.6 is 0 Å². The lowest BCUT2D eigenvalue weighted by atomic mass is 9.84. The highest BCUT2D eigenvalue weighted by Crippen LogP contribution is 2.47. The fraction of sp³-hybridized carbons (Fsp3) is 0. The van der Waals surface area contributed by atoms with E-state index in [0.717, 1.165) is 0 Å². The van der Waals surface area contributed by atoms with Crippen LogP contribution in [0.3, 0.4) is 0 Å². The van der Waals surface area contributed by atoms with Gasteiger partial charge < -0.3 is 4.98 Å². The molecule has 1 heterocycles. The Balaban J connectivity index is 1.07. The fourth-order valence-electron chi connectivity index (χ4n) is 10.9. The van der Waals surface area contributed by atoms with Crippen LogP contribution in [-0.4, -0.2) is 4.98 Å². The number of nitrogens with one attached hydrogen (secondary N) is 1. The number of fused-ring (bicyclic) bond motifs is 15. The topological polar surface area (TPSA) is 15.8 Å². The second-order valence-corrected chi connectivity index (χ2v) is 16.4. The van der Waals surface area contributed by atoms with Gasteiger partial charge in [0.2, 0.25) is 0 Å². The lowest BCUT2D eigenvalue weighted by Crippen LogP contribution is -1.91. The molecule has 14 rings (SSSR count). The average Bonchev–Trinajstić information content (AvgIpc) is 3.69. The van der Waals surface area contributed by atoms with Gasteiger partial charge in [0.25, 0.3) is 0 Å². The molecular formula is C58H33N. The summed E-state index contributed by atoms with van der Waals surface area (Å²) in [5.74, 6) is 0. The van der Waals surface area contributed by atoms with Gasteiger partial charge >= 0.3 is 0 Å². The van der Waals surface area contributed by atoms with Crippen molar-refractivity contribution in [3.8, 4) is 22.3 Å². The van der Waals surface area contributed by atoms with E-state index in [1.807, 2.05) is 0 Å². The van der Waals surface area contributed by atoms with Gasteiger partial charge in [-0.3, -0.25) is 0 Å². The molecule has 0 radical (unpaired) electrons. The maximum absolute atomic E-state index is 3.83. The van der Waals surface area contributed by atoms with Crippen LogP contribution in [0.5, 0.6) is 0 Å². The molecule has 0 aliphatic carbocycles. The van der Waals surface area contributed by atoms with Crippen LogP contribution in [0, 0.1) is 0 Å². The van der Waals surface area contributed by atoms with Gasteiger partial charge in [-0.2, -0.15) is 0 Å². The summed E-state index contributed by atoms with van der Waals surface area (Å²) in [6, 6.07) is 72.9. The van der Waals surface area contributed by atoms with Crippen molar-refractivity contribution in [3.63, 3.8) is 0 Å². The maximum Gasteiger partial charge on any atom is 0.0551 e. The summed E-state index contributed by atoms with van der Waals surface area (Å²) in [6.45, 7) is 0. The van der Waals surface area contributed by atoms with Crippen molar-refractivity contribution in [1.29, 1.82) is 0 Å². The lowest BCUT2D eigenvalue weighted by Gasteiger charge is -2.19. The molecule has 13 aromatic carbocycles. The molecule has 0 atom stereocenters. The summed E-state index contributed by atoms with van der Waals surface area (Å²) in [5.41, 5.74) is 7.41. The summed E-state index contributed by atoms with van der Waals surface area (Å²) < 4.78 is 0. The molecule has 1 nitrogen and oxygen atoms in total. The van der Waals surface area contributed by atoms with Crippen LogP contribution in [0.2, 0.25) is 0 Å². The molecule has 0 saturated carbocycles. The second kappa shape index (κ2) is 11.4. The Bertz CT molecular complexity index is 4130. The number of hydrogen-bond donors (Lipinski definition) is 1. The smallest absolute Gasteiger partial charge is 0.0551 e. The third-order valence-electron chi connectivity index (χ3n) is 13.5. The van der Waals surface area contributed by atoms with Gasteiger partial charge in [0.15, 0.2) is 0 Å². The van der Waals surface area contributed by atoms with Gasteiger partial charge in [-0.15, -0.1) is 0 Å². The highest BCUT2D eigenvalue weighted by molar-refractivity contribution is 6.34. The van der Waals surface area contributed by atoms with Crippen molar-refractivity contribution >= 4 is 119 Å². The van der Waals surface area contributed by atoms with E-state index in [1.165, 1.54) is 141 Å². The molecule has 270 valence electrons. The minimum absolute atomic E-state index is 1.17. The van der Waals surface area contributed by atoms with E-state index >= 15 is 0 Å². The number of aromatic nitrogens is 1. The number of aromatic amines is 1. The quantitative estimate of drug-likeness (QED) is 0.170. The Morgan fingerprint density at radius 3 is 1.49 bits per heavy atom. The second-order valence-electron chi connectivity index (χ2n) is 16.4. The molecule has 0 unspecified atom stereocenters. The number of benzene rings is 13. The van der Waals surface area contributed by atoms with Crippen LogP contribution < -0.4 is 0 Å². The summed E-state index contributed by atoms with van der Waals surface area (Å²) in [6.07, 6.45) is 0. The first kappa shape index (κ1) is 31.4. The molecule has 0 amide bonds. The maximum atomic E-state index is 3.83. The molecule has 0 aliphatic heterocycles. The zero-order valence-corrected chi connectivity index (χ0v) is 32.0. The van der Waals surface area contributed by atoms with Crippen molar-refractivity contribution in [2.45, 2.75) is 0 Å². The van der Waals surface area contributed by atoms with Gasteiger partial charge in [-0.05, 0) is 144 Å². The van der Waals surface area contributed by atoms with Gasteiger partial charge in [-0.1, -0.05) is 164 Å². The summed E-state index contributed by atoms with van der Waals surface area (Å²) >= 11 is 0. The predicted molar refractivity (Wildman–Crippen MR) is 255 cm³/mol. The van der Waals surface area contributed by atoms with E-state index in [4.69, 9.17) is 0 Å². The monoisotopic (exact) mass is 743 g/mol. The predicted octanol–water partition coefficient (Wildman–Crippen LogP) is 16.5. The largest absolute Gasteiger partial charge is 0.354 e. The first-order valence-corrected chi connectivity index (χ1v) is 20.6. The SMILES string of the molecule is c1cc2ccc3cccc4c(-c5cc6c7ccccc7c(-c7ccc8c(c7)c7ccccc7c7ccc9c%10ccccc%10[nH]c9c78)cc6c6ccccc56)cc(c1)c2c34. The van der Waals surface area contributed by atoms with E-state index in [0.29, 0.717) is 0 Å². The minimum Gasteiger partial charge on any atom is -0.354 e. The molecule has 0 saturated heterocycles. The average molecular weight is 744 g/mol. The van der Waals surface area contributed by atoms with Crippen molar-refractivity contribution in [2.24, 2.45) is 0 Å². The van der Waals surface area contributed by atoms with Crippen LogP contribution in [0.1, 0.15) is 0 Å². The number of H-pyrrole nitrogens is 1. The Kier molecular flexibility index (Phi) is 6.08. The van der Waals surface area contributed by atoms with E-state index in [1.54, 1.807) is 0 Å². The molecule has 0 spiro atoms. The van der Waals surface area contributed by atoms with E-state index < -0.39 is 0 Å². The Morgan fingerprint density at radius 1 is 0.237 bits per heavy atom. The molecular weight excluding hydrogens is 711 g/mol. The van der Waals surface area contributed by atoms with E-state index in [-0.39, 0.29) is 0 Å².